The van der Waals surface area contributed by atoms with Crippen LogP contribution in [0.4, 0.5) is 10.2 Å². The highest BCUT2D eigenvalue weighted by molar-refractivity contribution is 5.93. The Hall–Kier alpha value is -3.09. The van der Waals surface area contributed by atoms with Crippen LogP contribution in [0.3, 0.4) is 0 Å². The molecule has 0 radical (unpaired) electrons. The van der Waals surface area contributed by atoms with Gasteiger partial charge in [-0.15, -0.1) is 0 Å². The minimum Gasteiger partial charge on any atom is -0.383 e. The van der Waals surface area contributed by atoms with Crippen LogP contribution in [0.25, 0.3) is 22.2 Å². The van der Waals surface area contributed by atoms with Crippen LogP contribution in [-0.4, -0.2) is 24.5 Å². The van der Waals surface area contributed by atoms with Gasteiger partial charge in [0.1, 0.15) is 23.5 Å². The van der Waals surface area contributed by atoms with E-state index < -0.39 is 0 Å². The summed E-state index contributed by atoms with van der Waals surface area (Å²) < 4.78 is 15.6. The van der Waals surface area contributed by atoms with Gasteiger partial charge in [0.25, 0.3) is 0 Å². The molecule has 0 fully saturated rings. The summed E-state index contributed by atoms with van der Waals surface area (Å²) in [7, 11) is 0. The molecule has 6 nitrogen and oxygen atoms in total. The summed E-state index contributed by atoms with van der Waals surface area (Å²) in [5.41, 5.74) is 8.20. The number of imidazole rings is 1. The highest BCUT2D eigenvalue weighted by Crippen LogP contribution is 2.21. The quantitative estimate of drug-likeness (QED) is 0.612. The maximum absolute atomic E-state index is 13.8. The minimum absolute atomic E-state index is 0.253. The SMILES string of the molecule is Nc1ncnc2nc3c(cc12)ncn3Cc1ccccc1F. The Morgan fingerprint density at radius 3 is 2.86 bits per heavy atom. The Balaban J connectivity index is 1.87. The zero-order chi connectivity index (χ0) is 15.1. The molecule has 7 heteroatoms. The second kappa shape index (κ2) is 4.73. The van der Waals surface area contributed by atoms with Crippen molar-refractivity contribution in [2.75, 3.05) is 5.73 Å². The lowest BCUT2D eigenvalue weighted by Gasteiger charge is -2.06. The number of nitrogen functional groups attached to an aromatic ring is 1. The van der Waals surface area contributed by atoms with Crippen LogP contribution < -0.4 is 5.73 Å². The molecule has 1 aromatic carbocycles. The van der Waals surface area contributed by atoms with E-state index in [0.717, 1.165) is 0 Å². The maximum atomic E-state index is 13.8. The molecular weight excluding hydrogens is 283 g/mol. The van der Waals surface area contributed by atoms with Gasteiger partial charge in [-0.05, 0) is 12.1 Å². The summed E-state index contributed by atoms with van der Waals surface area (Å²) in [6, 6.07) is 8.43. The monoisotopic (exact) mass is 294 g/mol. The number of hydrogen-bond donors (Lipinski definition) is 1. The van der Waals surface area contributed by atoms with Crippen LogP contribution in [0.2, 0.25) is 0 Å². The number of pyridine rings is 1. The molecule has 108 valence electrons. The number of nitrogens with two attached hydrogens (primary N) is 1. The van der Waals surface area contributed by atoms with Gasteiger partial charge in [0.05, 0.1) is 18.3 Å². The van der Waals surface area contributed by atoms with Gasteiger partial charge in [-0.2, -0.15) is 0 Å². The number of fused-ring (bicyclic) bond motifs is 2. The van der Waals surface area contributed by atoms with E-state index in [4.69, 9.17) is 5.73 Å². The number of hydrogen-bond acceptors (Lipinski definition) is 5. The van der Waals surface area contributed by atoms with E-state index in [9.17, 15) is 4.39 Å². The molecular formula is C15H11FN6. The molecule has 22 heavy (non-hydrogen) atoms. The van der Waals surface area contributed by atoms with Crippen LogP contribution in [0.1, 0.15) is 5.56 Å². The molecule has 0 aliphatic heterocycles. The number of nitrogens with zero attached hydrogens (tertiary/aromatic N) is 5. The van der Waals surface area contributed by atoms with E-state index in [1.165, 1.54) is 12.4 Å². The third kappa shape index (κ3) is 1.95. The van der Waals surface area contributed by atoms with Crippen molar-refractivity contribution in [2.24, 2.45) is 0 Å². The first-order valence-corrected chi connectivity index (χ1v) is 6.68. The largest absolute Gasteiger partial charge is 0.383 e. The lowest BCUT2D eigenvalue weighted by atomic mass is 10.2. The van der Waals surface area contributed by atoms with Crippen molar-refractivity contribution in [3.8, 4) is 0 Å². The van der Waals surface area contributed by atoms with Crippen molar-refractivity contribution in [3.05, 3.63) is 54.4 Å². The van der Waals surface area contributed by atoms with Crippen molar-refractivity contribution < 1.29 is 4.39 Å². The highest BCUT2D eigenvalue weighted by Gasteiger charge is 2.11. The first-order valence-electron chi connectivity index (χ1n) is 6.68. The van der Waals surface area contributed by atoms with Gasteiger partial charge in [-0.1, -0.05) is 18.2 Å². The van der Waals surface area contributed by atoms with Crippen molar-refractivity contribution in [2.45, 2.75) is 6.54 Å². The third-order valence-corrected chi connectivity index (χ3v) is 3.52. The molecule has 0 amide bonds. The first kappa shape index (κ1) is 12.6. The molecule has 4 aromatic rings. The molecule has 0 atom stereocenters. The maximum Gasteiger partial charge on any atom is 0.167 e. The van der Waals surface area contributed by atoms with Gasteiger partial charge in [0.15, 0.2) is 11.3 Å². The van der Waals surface area contributed by atoms with E-state index in [1.54, 1.807) is 35.2 Å². The van der Waals surface area contributed by atoms with Crippen LogP contribution in [-0.2, 0) is 6.54 Å². The Bertz CT molecular complexity index is 994. The molecule has 4 rings (SSSR count). The predicted molar refractivity (Wildman–Crippen MR) is 80.5 cm³/mol. The lowest BCUT2D eigenvalue weighted by molar-refractivity contribution is 0.601. The minimum atomic E-state index is -0.253. The van der Waals surface area contributed by atoms with Gasteiger partial charge in [-0.3, -0.25) is 0 Å². The Morgan fingerprint density at radius 1 is 1.14 bits per heavy atom. The van der Waals surface area contributed by atoms with Crippen molar-refractivity contribution >= 4 is 28.0 Å². The number of halogens is 1. The van der Waals surface area contributed by atoms with Crippen molar-refractivity contribution in [1.82, 2.24) is 24.5 Å². The number of aromatic nitrogens is 5. The summed E-state index contributed by atoms with van der Waals surface area (Å²) in [6.07, 6.45) is 3.00. The first-order chi connectivity index (χ1) is 10.7. The number of rotatable bonds is 2. The molecule has 0 unspecified atom stereocenters. The fourth-order valence-electron chi connectivity index (χ4n) is 2.40. The molecule has 0 aliphatic rings. The van der Waals surface area contributed by atoms with Gasteiger partial charge in [0, 0.05) is 5.56 Å². The standard InChI is InChI=1S/C15H11FN6/c16-11-4-2-1-3-9(11)6-22-8-20-12-5-10-13(17)18-7-19-14(10)21-15(12)22/h1-5,7-8H,6H2,(H2,17,18,19,21). The third-order valence-electron chi connectivity index (χ3n) is 3.52. The van der Waals surface area contributed by atoms with E-state index in [1.807, 2.05) is 0 Å². The Labute approximate surface area is 124 Å². The highest BCUT2D eigenvalue weighted by atomic mass is 19.1. The lowest BCUT2D eigenvalue weighted by Crippen LogP contribution is -2.02. The molecule has 0 saturated carbocycles. The molecule has 0 saturated heterocycles. The fourth-order valence-corrected chi connectivity index (χ4v) is 2.40. The fraction of sp³-hybridized carbons (Fsp3) is 0.0667. The second-order valence-electron chi connectivity index (χ2n) is 4.93. The summed E-state index contributed by atoms with van der Waals surface area (Å²) in [5.74, 6) is 0.111. The smallest absolute Gasteiger partial charge is 0.167 e. The molecule has 0 bridgehead atoms. The van der Waals surface area contributed by atoms with E-state index in [-0.39, 0.29) is 5.82 Å². The summed E-state index contributed by atoms with van der Waals surface area (Å²) >= 11 is 0. The number of anilines is 1. The molecule has 3 heterocycles. The van der Waals surface area contributed by atoms with Crippen LogP contribution in [0, 0.1) is 5.82 Å². The van der Waals surface area contributed by atoms with Crippen LogP contribution in [0.5, 0.6) is 0 Å². The zero-order valence-electron chi connectivity index (χ0n) is 11.4. The topological polar surface area (TPSA) is 82.5 Å². The summed E-state index contributed by atoms with van der Waals surface area (Å²) in [6.45, 7) is 0.349. The predicted octanol–water partition coefficient (Wildman–Crippen LogP) is 2.14. The van der Waals surface area contributed by atoms with Crippen molar-refractivity contribution in [1.29, 1.82) is 0 Å². The Kier molecular flexibility index (Phi) is 2.72. The molecule has 2 N–H and O–H groups in total. The van der Waals surface area contributed by atoms with Gasteiger partial charge in [0.2, 0.25) is 0 Å². The average Bonchev–Trinajstić information content (AvgIpc) is 2.91. The van der Waals surface area contributed by atoms with Crippen LogP contribution in [0.15, 0.2) is 43.0 Å². The second-order valence-corrected chi connectivity index (χ2v) is 4.93. The normalized spacial score (nSPS) is 11.3. The van der Waals surface area contributed by atoms with Crippen molar-refractivity contribution in [3.63, 3.8) is 0 Å². The molecule has 0 spiro atoms. The average molecular weight is 294 g/mol. The summed E-state index contributed by atoms with van der Waals surface area (Å²) in [4.78, 5) is 16.8. The number of benzene rings is 1. The van der Waals surface area contributed by atoms with Gasteiger partial charge >= 0.3 is 0 Å². The van der Waals surface area contributed by atoms with E-state index in [2.05, 4.69) is 19.9 Å². The zero-order valence-corrected chi connectivity index (χ0v) is 11.4. The molecule has 3 aromatic heterocycles. The van der Waals surface area contributed by atoms with Gasteiger partial charge < -0.3 is 10.3 Å². The van der Waals surface area contributed by atoms with Crippen LogP contribution >= 0.6 is 0 Å². The Morgan fingerprint density at radius 2 is 2.00 bits per heavy atom. The summed E-state index contributed by atoms with van der Waals surface area (Å²) in [5, 5.41) is 0.658. The van der Waals surface area contributed by atoms with E-state index in [0.29, 0.717) is 40.1 Å². The molecule has 0 aliphatic carbocycles. The van der Waals surface area contributed by atoms with Gasteiger partial charge in [-0.25, -0.2) is 24.3 Å². The van der Waals surface area contributed by atoms with E-state index >= 15 is 0 Å².